The van der Waals surface area contributed by atoms with Crippen LogP contribution in [0.3, 0.4) is 0 Å². The third-order valence-electron chi connectivity index (χ3n) is 5.07. The number of nitrogens with zero attached hydrogens (tertiary/aromatic N) is 1. The van der Waals surface area contributed by atoms with E-state index in [4.69, 9.17) is 0 Å². The summed E-state index contributed by atoms with van der Waals surface area (Å²) in [6.07, 6.45) is 5.06. The summed E-state index contributed by atoms with van der Waals surface area (Å²) in [5.74, 6) is -0.666. The van der Waals surface area contributed by atoms with Crippen LogP contribution in [-0.4, -0.2) is 16.0 Å². The second-order valence-corrected chi connectivity index (χ2v) is 6.40. The molecule has 1 aliphatic heterocycles. The van der Waals surface area contributed by atoms with Crippen LogP contribution in [0.25, 0.3) is 0 Å². The number of rotatable bonds is 3. The van der Waals surface area contributed by atoms with Crippen molar-refractivity contribution in [3.05, 3.63) is 81.4 Å². The lowest BCUT2D eigenvalue weighted by Gasteiger charge is -2.38. The van der Waals surface area contributed by atoms with Crippen molar-refractivity contribution in [1.29, 1.82) is 0 Å². The number of nitro groups is 1. The summed E-state index contributed by atoms with van der Waals surface area (Å²) in [6, 6.07) is 11.7. The lowest BCUT2D eigenvalue weighted by atomic mass is 9.76. The molecule has 25 heavy (non-hydrogen) atoms. The molecule has 2 aliphatic rings. The van der Waals surface area contributed by atoms with Gasteiger partial charge in [-0.25, -0.2) is 4.79 Å². The van der Waals surface area contributed by atoms with E-state index >= 15 is 0 Å². The molecule has 6 nitrogen and oxygen atoms in total. The topological polar surface area (TPSA) is 92.5 Å². The van der Waals surface area contributed by atoms with Crippen LogP contribution in [0.4, 0.5) is 11.4 Å². The number of carbonyl (C=O) groups is 1. The van der Waals surface area contributed by atoms with E-state index in [9.17, 15) is 20.0 Å². The third kappa shape index (κ3) is 2.46. The molecule has 0 radical (unpaired) electrons. The normalized spacial score (nSPS) is 23.4. The molecule has 2 N–H and O–H groups in total. The summed E-state index contributed by atoms with van der Waals surface area (Å²) >= 11 is 0. The van der Waals surface area contributed by atoms with Gasteiger partial charge in [-0.2, -0.15) is 0 Å². The van der Waals surface area contributed by atoms with Gasteiger partial charge in [-0.15, -0.1) is 0 Å². The number of nitrogens with one attached hydrogen (secondary N) is 1. The van der Waals surface area contributed by atoms with Gasteiger partial charge in [0.15, 0.2) is 0 Å². The van der Waals surface area contributed by atoms with Crippen LogP contribution in [0.1, 0.15) is 39.9 Å². The molecule has 0 saturated heterocycles. The molecule has 0 saturated carbocycles. The van der Waals surface area contributed by atoms with Gasteiger partial charge in [-0.05, 0) is 29.5 Å². The van der Waals surface area contributed by atoms with Crippen LogP contribution in [0.5, 0.6) is 0 Å². The number of hydrogen-bond acceptors (Lipinski definition) is 4. The lowest BCUT2D eigenvalue weighted by molar-refractivity contribution is -0.384. The number of fused-ring (bicyclic) bond motifs is 3. The van der Waals surface area contributed by atoms with Crippen LogP contribution in [-0.2, 0) is 0 Å². The van der Waals surface area contributed by atoms with E-state index in [0.29, 0.717) is 5.69 Å². The lowest BCUT2D eigenvalue weighted by Crippen LogP contribution is -2.30. The Morgan fingerprint density at radius 3 is 2.80 bits per heavy atom. The van der Waals surface area contributed by atoms with Gasteiger partial charge >= 0.3 is 5.97 Å². The third-order valence-corrected chi connectivity index (χ3v) is 5.07. The fourth-order valence-electron chi connectivity index (χ4n) is 3.96. The van der Waals surface area contributed by atoms with Crippen molar-refractivity contribution < 1.29 is 14.8 Å². The van der Waals surface area contributed by atoms with Crippen molar-refractivity contribution >= 4 is 17.3 Å². The molecule has 3 unspecified atom stereocenters. The molecular formula is C19H16N2O4. The first-order chi connectivity index (χ1) is 12.1. The van der Waals surface area contributed by atoms with E-state index in [1.54, 1.807) is 24.3 Å². The number of carboxylic acids is 1. The Morgan fingerprint density at radius 2 is 2.04 bits per heavy atom. The van der Waals surface area contributed by atoms with E-state index in [-0.39, 0.29) is 29.1 Å². The predicted molar refractivity (Wildman–Crippen MR) is 92.8 cm³/mol. The van der Waals surface area contributed by atoms with Gasteiger partial charge in [0.1, 0.15) is 0 Å². The first-order valence-electron chi connectivity index (χ1n) is 8.10. The highest BCUT2D eigenvalue weighted by Gasteiger charge is 2.39. The van der Waals surface area contributed by atoms with Gasteiger partial charge in [-0.3, -0.25) is 10.1 Å². The summed E-state index contributed by atoms with van der Waals surface area (Å²) < 4.78 is 0. The van der Waals surface area contributed by atoms with Gasteiger partial charge in [0.25, 0.3) is 5.69 Å². The molecule has 6 heteroatoms. The number of carboxylic acid groups (broad SMARTS) is 1. The zero-order chi connectivity index (χ0) is 17.6. The van der Waals surface area contributed by atoms with E-state index in [1.165, 1.54) is 6.07 Å². The summed E-state index contributed by atoms with van der Waals surface area (Å²) in [4.78, 5) is 22.3. The van der Waals surface area contributed by atoms with Crippen molar-refractivity contribution in [2.45, 2.75) is 18.4 Å². The summed E-state index contributed by atoms with van der Waals surface area (Å²) in [6.45, 7) is 0. The smallest absolute Gasteiger partial charge is 0.337 e. The van der Waals surface area contributed by atoms with Crippen molar-refractivity contribution in [3.63, 3.8) is 0 Å². The van der Waals surface area contributed by atoms with Crippen molar-refractivity contribution in [3.8, 4) is 0 Å². The van der Waals surface area contributed by atoms with Gasteiger partial charge in [0.05, 0.1) is 22.2 Å². The summed E-state index contributed by atoms with van der Waals surface area (Å²) in [7, 11) is 0. The molecule has 0 spiro atoms. The van der Waals surface area contributed by atoms with Gasteiger partial charge < -0.3 is 10.4 Å². The van der Waals surface area contributed by atoms with E-state index in [0.717, 1.165) is 17.5 Å². The minimum absolute atomic E-state index is 0.0409. The van der Waals surface area contributed by atoms with Crippen LogP contribution in [0.15, 0.2) is 54.6 Å². The molecule has 1 aliphatic carbocycles. The summed E-state index contributed by atoms with van der Waals surface area (Å²) in [5, 5.41) is 24.0. The van der Waals surface area contributed by atoms with Crippen LogP contribution < -0.4 is 5.32 Å². The van der Waals surface area contributed by atoms with Crippen LogP contribution in [0.2, 0.25) is 0 Å². The number of non-ortho nitro benzene ring substituents is 1. The molecular weight excluding hydrogens is 320 g/mol. The minimum atomic E-state index is -0.984. The van der Waals surface area contributed by atoms with E-state index in [1.807, 2.05) is 12.1 Å². The maximum atomic E-state index is 11.6. The first-order valence-corrected chi connectivity index (χ1v) is 8.10. The highest BCUT2D eigenvalue weighted by molar-refractivity contribution is 5.95. The molecule has 0 amide bonds. The Balaban J connectivity index is 1.83. The standard InChI is InChI=1S/C19H16N2O4/c22-19(23)16-9-3-8-15-13-6-2-7-14(13)17(20-18(15)16)11-4-1-5-12(10-11)21(24)25/h1-6,8-10,13-14,17,20H,7H2,(H,22,23). The number of anilines is 1. The molecule has 0 bridgehead atoms. The SMILES string of the molecule is O=C(O)c1cccc2c1NC(c1cccc([N+](=O)[O-])c1)C1CC=CC21. The molecule has 0 fully saturated rings. The minimum Gasteiger partial charge on any atom is -0.478 e. The van der Waals surface area contributed by atoms with Gasteiger partial charge in [0, 0.05) is 18.1 Å². The molecule has 1 heterocycles. The number of para-hydroxylation sites is 1. The molecule has 0 aromatic heterocycles. The Kier molecular flexibility index (Phi) is 3.53. The number of nitro benzene ring substituents is 1. The second kappa shape index (κ2) is 5.73. The molecule has 3 atom stereocenters. The average Bonchev–Trinajstić information content (AvgIpc) is 3.10. The van der Waals surface area contributed by atoms with Crippen molar-refractivity contribution in [2.24, 2.45) is 5.92 Å². The number of hydrogen-bond donors (Lipinski definition) is 2. The zero-order valence-electron chi connectivity index (χ0n) is 13.3. The van der Waals surface area contributed by atoms with E-state index in [2.05, 4.69) is 17.5 Å². The first kappa shape index (κ1) is 15.4. The molecule has 126 valence electrons. The highest BCUT2D eigenvalue weighted by atomic mass is 16.6. The number of aromatic carboxylic acids is 1. The largest absolute Gasteiger partial charge is 0.478 e. The van der Waals surface area contributed by atoms with Gasteiger partial charge in [0.2, 0.25) is 0 Å². The Morgan fingerprint density at radius 1 is 1.24 bits per heavy atom. The van der Waals surface area contributed by atoms with Gasteiger partial charge in [-0.1, -0.05) is 36.4 Å². The van der Waals surface area contributed by atoms with Crippen LogP contribution in [0, 0.1) is 16.0 Å². The molecule has 4 rings (SSSR count). The fraction of sp³-hybridized carbons (Fsp3) is 0.211. The monoisotopic (exact) mass is 336 g/mol. The average molecular weight is 336 g/mol. The summed E-state index contributed by atoms with van der Waals surface area (Å²) in [5.41, 5.74) is 2.66. The quantitative estimate of drug-likeness (QED) is 0.500. The number of allylic oxidation sites excluding steroid dienone is 2. The molecule has 2 aromatic carbocycles. The maximum Gasteiger partial charge on any atom is 0.337 e. The second-order valence-electron chi connectivity index (χ2n) is 6.40. The fourth-order valence-corrected chi connectivity index (χ4v) is 3.96. The Hall–Kier alpha value is -3.15. The zero-order valence-corrected chi connectivity index (χ0v) is 13.3. The highest BCUT2D eigenvalue weighted by Crippen LogP contribution is 2.50. The van der Waals surface area contributed by atoms with Crippen molar-refractivity contribution in [2.75, 3.05) is 5.32 Å². The molecule has 2 aromatic rings. The van der Waals surface area contributed by atoms with Crippen molar-refractivity contribution in [1.82, 2.24) is 0 Å². The van der Waals surface area contributed by atoms with Crippen LogP contribution >= 0.6 is 0 Å². The Labute approximate surface area is 144 Å². The number of benzene rings is 2. The maximum absolute atomic E-state index is 11.6. The predicted octanol–water partition coefficient (Wildman–Crippen LogP) is 4.12. The Bertz CT molecular complexity index is 906. The van der Waals surface area contributed by atoms with E-state index < -0.39 is 10.9 Å².